The Morgan fingerprint density at radius 3 is 2.29 bits per heavy atom. The molecule has 2 bridgehead atoms. The van der Waals surface area contributed by atoms with Gasteiger partial charge in [0.1, 0.15) is 5.75 Å². The number of ether oxygens (including phenoxy) is 1. The lowest BCUT2D eigenvalue weighted by Gasteiger charge is -2.18. The fourth-order valence-electron chi connectivity index (χ4n) is 5.95. The molecule has 0 N–H and O–H groups in total. The molecule has 0 spiro atoms. The van der Waals surface area contributed by atoms with E-state index >= 15 is 0 Å². The first-order valence-electron chi connectivity index (χ1n) is 11.7. The van der Waals surface area contributed by atoms with E-state index in [0.717, 1.165) is 17.7 Å². The summed E-state index contributed by atoms with van der Waals surface area (Å²) in [5.74, 6) is -1.62. The summed E-state index contributed by atoms with van der Waals surface area (Å²) >= 11 is 0. The SMILES string of the molecule is Cc1cccc(N2C[C@@H](C(=O)Oc3cccc(N4C(=O)[C@@H]5[C@H](C4=O)[C@H]4C=C[C@H]5C4)c3)CC2=O)c1. The van der Waals surface area contributed by atoms with Crippen molar-refractivity contribution in [1.82, 2.24) is 0 Å². The Kier molecular flexibility index (Phi) is 4.69. The molecule has 0 radical (unpaired) electrons. The molecule has 6 rings (SSSR count). The number of carbonyl (C=O) groups is 4. The molecule has 2 aliphatic heterocycles. The molecule has 2 saturated heterocycles. The summed E-state index contributed by atoms with van der Waals surface area (Å²) in [6.07, 6.45) is 5.07. The number of esters is 1. The summed E-state index contributed by atoms with van der Waals surface area (Å²) in [5, 5.41) is 0. The molecule has 2 heterocycles. The van der Waals surface area contributed by atoms with Crippen molar-refractivity contribution in [1.29, 1.82) is 0 Å². The van der Waals surface area contributed by atoms with Crippen molar-refractivity contribution in [2.45, 2.75) is 19.8 Å². The lowest BCUT2D eigenvalue weighted by molar-refractivity contribution is -0.139. The third-order valence-corrected chi connectivity index (χ3v) is 7.54. The van der Waals surface area contributed by atoms with E-state index in [1.54, 1.807) is 29.2 Å². The van der Waals surface area contributed by atoms with E-state index in [1.165, 1.54) is 4.90 Å². The Bertz CT molecular complexity index is 1240. The van der Waals surface area contributed by atoms with E-state index in [2.05, 4.69) is 12.2 Å². The van der Waals surface area contributed by atoms with Gasteiger partial charge in [-0.1, -0.05) is 30.4 Å². The van der Waals surface area contributed by atoms with Crippen LogP contribution in [0.4, 0.5) is 11.4 Å². The number of fused-ring (bicyclic) bond motifs is 5. The first-order chi connectivity index (χ1) is 16.4. The Hall–Kier alpha value is -3.74. The van der Waals surface area contributed by atoms with Gasteiger partial charge in [-0.3, -0.25) is 19.2 Å². The average molecular weight is 456 g/mol. The van der Waals surface area contributed by atoms with Gasteiger partial charge in [0.15, 0.2) is 0 Å². The van der Waals surface area contributed by atoms with Crippen LogP contribution in [-0.4, -0.2) is 30.2 Å². The molecule has 34 heavy (non-hydrogen) atoms. The highest BCUT2D eigenvalue weighted by Crippen LogP contribution is 2.53. The molecule has 1 saturated carbocycles. The standard InChI is InChI=1S/C27H24N2O5/c1-15-4-2-5-19(10-15)28-14-18(12-22(28)30)27(33)34-21-7-3-6-20(13-21)29-25(31)23-16-8-9-17(11-16)24(23)26(29)32/h2-10,13,16-18,23-24H,11-12,14H2,1H3/t16-,17-,18-,23-,24+/m0/s1. The number of imide groups is 1. The second kappa shape index (κ2) is 7.65. The van der Waals surface area contributed by atoms with Crippen molar-refractivity contribution in [3.63, 3.8) is 0 Å². The number of nitrogens with zero attached hydrogens (tertiary/aromatic N) is 2. The molecule has 0 unspecified atom stereocenters. The maximum absolute atomic E-state index is 13.1. The van der Waals surface area contributed by atoms with Crippen LogP contribution in [0.15, 0.2) is 60.7 Å². The number of amides is 3. The summed E-state index contributed by atoms with van der Waals surface area (Å²) in [5.41, 5.74) is 2.22. The van der Waals surface area contributed by atoms with Gasteiger partial charge in [0.05, 0.1) is 23.4 Å². The number of aryl methyl sites for hydroxylation is 1. The van der Waals surface area contributed by atoms with Crippen LogP contribution in [-0.2, 0) is 19.2 Å². The number of hydrogen-bond acceptors (Lipinski definition) is 5. The second-order valence-electron chi connectivity index (χ2n) is 9.67. The molecular formula is C27H24N2O5. The first-order valence-corrected chi connectivity index (χ1v) is 11.7. The molecule has 0 aromatic heterocycles. The average Bonchev–Trinajstić information content (AvgIpc) is 3.57. The zero-order valence-electron chi connectivity index (χ0n) is 18.7. The van der Waals surface area contributed by atoms with Gasteiger partial charge < -0.3 is 9.64 Å². The van der Waals surface area contributed by atoms with E-state index < -0.39 is 11.9 Å². The van der Waals surface area contributed by atoms with Crippen LogP contribution in [0.25, 0.3) is 0 Å². The minimum absolute atomic E-state index is 0.0781. The highest BCUT2D eigenvalue weighted by Gasteiger charge is 2.59. The summed E-state index contributed by atoms with van der Waals surface area (Å²) in [6, 6.07) is 14.1. The molecule has 2 aromatic carbocycles. The van der Waals surface area contributed by atoms with Gasteiger partial charge in [-0.05, 0) is 55.0 Å². The predicted molar refractivity (Wildman–Crippen MR) is 124 cm³/mol. The lowest BCUT2D eigenvalue weighted by Crippen LogP contribution is -2.32. The van der Waals surface area contributed by atoms with Crippen molar-refractivity contribution in [3.8, 4) is 5.75 Å². The topological polar surface area (TPSA) is 84.0 Å². The summed E-state index contributed by atoms with van der Waals surface area (Å²) < 4.78 is 5.59. The molecule has 2 aromatic rings. The number of allylic oxidation sites excluding steroid dienone is 2. The van der Waals surface area contributed by atoms with Crippen molar-refractivity contribution in [2.24, 2.45) is 29.6 Å². The number of rotatable bonds is 4. The van der Waals surface area contributed by atoms with Gasteiger partial charge in [-0.15, -0.1) is 0 Å². The van der Waals surface area contributed by atoms with Crippen molar-refractivity contribution >= 4 is 35.1 Å². The Morgan fingerprint density at radius 2 is 1.59 bits per heavy atom. The quantitative estimate of drug-likeness (QED) is 0.305. The maximum Gasteiger partial charge on any atom is 0.316 e. The highest BCUT2D eigenvalue weighted by molar-refractivity contribution is 6.22. The molecule has 2 aliphatic carbocycles. The van der Waals surface area contributed by atoms with Crippen LogP contribution < -0.4 is 14.5 Å². The van der Waals surface area contributed by atoms with Gasteiger partial charge in [0.25, 0.3) is 0 Å². The third kappa shape index (κ3) is 3.18. The molecule has 3 fully saturated rings. The fourth-order valence-corrected chi connectivity index (χ4v) is 5.95. The van der Waals surface area contributed by atoms with Crippen molar-refractivity contribution in [3.05, 3.63) is 66.2 Å². The van der Waals surface area contributed by atoms with E-state index in [9.17, 15) is 19.2 Å². The summed E-state index contributed by atoms with van der Waals surface area (Å²) in [7, 11) is 0. The molecule has 5 atom stereocenters. The van der Waals surface area contributed by atoms with E-state index in [0.29, 0.717) is 5.69 Å². The molecular weight excluding hydrogens is 432 g/mol. The van der Waals surface area contributed by atoms with Gasteiger partial charge in [-0.2, -0.15) is 0 Å². The smallest absolute Gasteiger partial charge is 0.316 e. The third-order valence-electron chi connectivity index (χ3n) is 7.54. The minimum Gasteiger partial charge on any atom is -0.426 e. The molecule has 7 heteroatoms. The molecule has 172 valence electrons. The van der Waals surface area contributed by atoms with Crippen LogP contribution in [0.5, 0.6) is 5.75 Å². The number of anilines is 2. The number of benzene rings is 2. The molecule has 3 amide bonds. The van der Waals surface area contributed by atoms with Crippen LogP contribution >= 0.6 is 0 Å². The number of carbonyl (C=O) groups excluding carboxylic acids is 4. The number of hydrogen-bond donors (Lipinski definition) is 0. The van der Waals surface area contributed by atoms with Gasteiger partial charge in [0.2, 0.25) is 17.7 Å². The fraction of sp³-hybridized carbons (Fsp3) is 0.333. The maximum atomic E-state index is 13.1. The summed E-state index contributed by atoms with van der Waals surface area (Å²) in [4.78, 5) is 54.4. The predicted octanol–water partition coefficient (Wildman–Crippen LogP) is 3.27. The van der Waals surface area contributed by atoms with Gasteiger partial charge in [0, 0.05) is 24.7 Å². The van der Waals surface area contributed by atoms with E-state index in [4.69, 9.17) is 4.74 Å². The van der Waals surface area contributed by atoms with E-state index in [-0.39, 0.29) is 60.1 Å². The zero-order valence-corrected chi connectivity index (χ0v) is 18.7. The monoisotopic (exact) mass is 456 g/mol. The van der Waals surface area contributed by atoms with Crippen LogP contribution in [0.1, 0.15) is 18.4 Å². The Balaban J connectivity index is 1.17. The van der Waals surface area contributed by atoms with Crippen LogP contribution in [0.2, 0.25) is 0 Å². The Labute approximate surface area is 197 Å². The van der Waals surface area contributed by atoms with Crippen LogP contribution in [0.3, 0.4) is 0 Å². The van der Waals surface area contributed by atoms with Gasteiger partial charge in [-0.25, -0.2) is 4.90 Å². The van der Waals surface area contributed by atoms with E-state index in [1.807, 2.05) is 31.2 Å². The van der Waals surface area contributed by atoms with Crippen molar-refractivity contribution in [2.75, 3.05) is 16.3 Å². The van der Waals surface area contributed by atoms with Gasteiger partial charge >= 0.3 is 5.97 Å². The highest BCUT2D eigenvalue weighted by atomic mass is 16.5. The van der Waals surface area contributed by atoms with Crippen molar-refractivity contribution < 1.29 is 23.9 Å². The summed E-state index contributed by atoms with van der Waals surface area (Å²) in [6.45, 7) is 2.20. The molecule has 4 aliphatic rings. The largest absolute Gasteiger partial charge is 0.426 e. The molecule has 7 nitrogen and oxygen atoms in total. The first kappa shape index (κ1) is 20.8. The Morgan fingerprint density at radius 1 is 0.912 bits per heavy atom. The minimum atomic E-state index is -0.590. The lowest BCUT2D eigenvalue weighted by atomic mass is 9.85. The van der Waals surface area contributed by atoms with Crippen LogP contribution in [0, 0.1) is 36.5 Å². The second-order valence-corrected chi connectivity index (χ2v) is 9.67. The zero-order chi connectivity index (χ0) is 23.6. The normalized spacial score (nSPS) is 29.3.